The van der Waals surface area contributed by atoms with Gasteiger partial charge in [0.05, 0.1) is 29.4 Å². The molecule has 0 amide bonds. The Hall–Kier alpha value is -4.43. The minimum atomic E-state index is -1.31. The van der Waals surface area contributed by atoms with Crippen LogP contribution in [0, 0.1) is 30.2 Å². The van der Waals surface area contributed by atoms with E-state index >= 15 is 8.78 Å². The molecule has 0 bridgehead atoms. The first kappa shape index (κ1) is 27.7. The largest absolute Gasteiger partial charge is 0.478 e. The van der Waals surface area contributed by atoms with Crippen molar-refractivity contribution in [1.29, 1.82) is 0 Å². The number of fused-ring (bicyclic) bond motifs is 1. The molecule has 0 spiro atoms. The summed E-state index contributed by atoms with van der Waals surface area (Å²) in [7, 11) is 0. The second-order valence-corrected chi connectivity index (χ2v) is 10.9. The average molecular weight is 600 g/mol. The third-order valence-electron chi connectivity index (χ3n) is 6.79. The molecule has 1 aliphatic rings. The maximum Gasteiger partial charge on any atom is 0.335 e. The molecule has 0 aliphatic carbocycles. The summed E-state index contributed by atoms with van der Waals surface area (Å²) in [5, 5.41) is 18.3. The van der Waals surface area contributed by atoms with Crippen LogP contribution in [0.3, 0.4) is 0 Å². The van der Waals surface area contributed by atoms with Gasteiger partial charge in [0.2, 0.25) is 0 Å². The first-order valence-corrected chi connectivity index (χ1v) is 13.6. The topological polar surface area (TPSA) is 112 Å². The maximum atomic E-state index is 15.4. The number of carboxylic acid groups (broad SMARTS) is 1. The van der Waals surface area contributed by atoms with Gasteiger partial charge in [0.25, 0.3) is 5.88 Å². The van der Waals surface area contributed by atoms with Crippen LogP contribution >= 0.6 is 11.3 Å². The third kappa shape index (κ3) is 5.42. The molecule has 5 aromatic rings. The van der Waals surface area contributed by atoms with Gasteiger partial charge in [0.1, 0.15) is 34.6 Å². The zero-order valence-electron chi connectivity index (χ0n) is 21.9. The van der Waals surface area contributed by atoms with Crippen molar-refractivity contribution in [2.24, 2.45) is 0 Å². The fraction of sp³-hybridized carbons (Fsp3) is 0.250. The molecular formula is C28H21F4N5O4S. The number of hydrogen-bond acceptors (Lipinski definition) is 8. The zero-order valence-corrected chi connectivity index (χ0v) is 22.7. The van der Waals surface area contributed by atoms with E-state index in [-0.39, 0.29) is 64.9 Å². The quantitative estimate of drug-likeness (QED) is 0.222. The summed E-state index contributed by atoms with van der Waals surface area (Å²) in [4.78, 5) is 19.9. The lowest BCUT2D eigenvalue weighted by Crippen LogP contribution is -2.31. The van der Waals surface area contributed by atoms with Crippen molar-refractivity contribution in [3.05, 3.63) is 86.6 Å². The highest BCUT2D eigenvalue weighted by Crippen LogP contribution is 2.30. The summed E-state index contributed by atoms with van der Waals surface area (Å²) in [6.45, 7) is 2.44. The summed E-state index contributed by atoms with van der Waals surface area (Å²) >= 11 is 1.26. The highest BCUT2D eigenvalue weighted by molar-refractivity contribution is 7.11. The van der Waals surface area contributed by atoms with Crippen molar-refractivity contribution >= 4 is 28.3 Å². The molecule has 1 N–H and O–H groups in total. The molecule has 6 rings (SSSR count). The van der Waals surface area contributed by atoms with Crippen molar-refractivity contribution in [3.63, 3.8) is 0 Å². The average Bonchev–Trinajstić information content (AvgIpc) is 3.50. The number of imidazole rings is 1. The molecule has 0 saturated carbocycles. The van der Waals surface area contributed by atoms with E-state index < -0.39 is 35.1 Å². The van der Waals surface area contributed by atoms with Crippen LogP contribution in [0.1, 0.15) is 38.2 Å². The molecule has 42 heavy (non-hydrogen) atoms. The van der Waals surface area contributed by atoms with E-state index in [1.54, 1.807) is 11.5 Å². The lowest BCUT2D eigenvalue weighted by Gasteiger charge is -2.27. The van der Waals surface area contributed by atoms with Gasteiger partial charge in [-0.2, -0.15) is 0 Å². The molecule has 2 aromatic carbocycles. The SMILES string of the molecule is Cc1nnc(COc2nc(-c3cc(F)c(Cc4nc5c(F)cc(C(=O)O)cc5n4CC4CCO4)cc3F)ccc2F)s1. The number of nitrogens with zero attached hydrogens (tertiary/aromatic N) is 5. The van der Waals surface area contributed by atoms with Crippen LogP contribution in [0.2, 0.25) is 0 Å². The van der Waals surface area contributed by atoms with E-state index in [1.807, 2.05) is 0 Å². The molecule has 1 saturated heterocycles. The second kappa shape index (κ2) is 11.1. The van der Waals surface area contributed by atoms with Crippen molar-refractivity contribution in [1.82, 2.24) is 24.7 Å². The Kier molecular flexibility index (Phi) is 7.33. The van der Waals surface area contributed by atoms with Crippen molar-refractivity contribution < 1.29 is 36.9 Å². The van der Waals surface area contributed by atoms with E-state index in [2.05, 4.69) is 20.2 Å². The van der Waals surface area contributed by atoms with Crippen molar-refractivity contribution in [3.8, 4) is 17.1 Å². The van der Waals surface area contributed by atoms with Gasteiger partial charge in [-0.25, -0.2) is 32.3 Å². The van der Waals surface area contributed by atoms with Gasteiger partial charge >= 0.3 is 5.97 Å². The predicted molar refractivity (Wildman–Crippen MR) is 142 cm³/mol. The normalized spacial score (nSPS) is 14.7. The minimum Gasteiger partial charge on any atom is -0.478 e. The van der Waals surface area contributed by atoms with Gasteiger partial charge < -0.3 is 19.1 Å². The van der Waals surface area contributed by atoms with E-state index in [0.29, 0.717) is 16.6 Å². The van der Waals surface area contributed by atoms with Crippen LogP contribution in [0.25, 0.3) is 22.3 Å². The molecule has 1 aliphatic heterocycles. The number of hydrogen-bond donors (Lipinski definition) is 1. The fourth-order valence-electron chi connectivity index (χ4n) is 4.61. The number of aromatic carboxylic acids is 1. The van der Waals surface area contributed by atoms with Crippen LogP contribution in [0.15, 0.2) is 36.4 Å². The van der Waals surface area contributed by atoms with Crippen LogP contribution in [0.4, 0.5) is 17.6 Å². The van der Waals surface area contributed by atoms with Gasteiger partial charge in [0, 0.05) is 18.6 Å². The van der Waals surface area contributed by atoms with E-state index in [9.17, 15) is 18.7 Å². The summed E-state index contributed by atoms with van der Waals surface area (Å²) in [6.07, 6.45) is 0.298. The molecule has 3 aromatic heterocycles. The number of pyridine rings is 1. The van der Waals surface area contributed by atoms with Gasteiger partial charge in [0.15, 0.2) is 16.6 Å². The lowest BCUT2D eigenvalue weighted by molar-refractivity contribution is -0.0589. The number of ether oxygens (including phenoxy) is 2. The van der Waals surface area contributed by atoms with Gasteiger partial charge in [-0.15, -0.1) is 10.2 Å². The number of halogens is 4. The molecule has 1 fully saturated rings. The summed E-state index contributed by atoms with van der Waals surface area (Å²) in [5.41, 5.74) is -0.494. The van der Waals surface area contributed by atoms with Gasteiger partial charge in [-0.05, 0) is 55.3 Å². The fourth-order valence-corrected chi connectivity index (χ4v) is 5.24. The summed E-state index contributed by atoms with van der Waals surface area (Å²) in [6, 6.07) is 6.32. The first-order chi connectivity index (χ1) is 20.2. The molecule has 1 unspecified atom stereocenters. The smallest absolute Gasteiger partial charge is 0.335 e. The van der Waals surface area contributed by atoms with Gasteiger partial charge in [-0.3, -0.25) is 0 Å². The highest BCUT2D eigenvalue weighted by Gasteiger charge is 2.25. The van der Waals surface area contributed by atoms with Crippen LogP contribution < -0.4 is 4.74 Å². The number of carbonyl (C=O) groups is 1. The van der Waals surface area contributed by atoms with E-state index in [0.717, 1.165) is 30.7 Å². The van der Waals surface area contributed by atoms with Crippen LogP contribution in [-0.4, -0.2) is 48.5 Å². The molecule has 14 heteroatoms. The molecule has 9 nitrogen and oxygen atoms in total. The summed E-state index contributed by atoms with van der Waals surface area (Å²) in [5.74, 6) is -4.77. The molecule has 216 valence electrons. The number of aryl methyl sites for hydroxylation is 1. The van der Waals surface area contributed by atoms with Crippen molar-refractivity contribution in [2.45, 2.75) is 39.0 Å². The molecular weight excluding hydrogens is 578 g/mol. The third-order valence-corrected chi connectivity index (χ3v) is 7.60. The predicted octanol–water partition coefficient (Wildman–Crippen LogP) is 5.47. The zero-order chi connectivity index (χ0) is 29.5. The minimum absolute atomic E-state index is 0.0552. The number of aromatic nitrogens is 5. The monoisotopic (exact) mass is 599 g/mol. The Morgan fingerprint density at radius 3 is 2.57 bits per heavy atom. The maximum absolute atomic E-state index is 15.4. The van der Waals surface area contributed by atoms with Crippen LogP contribution in [0.5, 0.6) is 5.88 Å². The number of rotatable bonds is 9. The second-order valence-electron chi connectivity index (χ2n) is 9.64. The lowest BCUT2D eigenvalue weighted by atomic mass is 10.0. The van der Waals surface area contributed by atoms with E-state index in [1.165, 1.54) is 23.5 Å². The first-order valence-electron chi connectivity index (χ1n) is 12.8. The summed E-state index contributed by atoms with van der Waals surface area (Å²) < 4.78 is 72.4. The standard InChI is InChI=1S/C28H21F4N5O4S/c1-13-35-36-25(42-13)12-41-27-18(29)2-3-22(33-27)17-10-19(30)14(6-20(17)31)9-24-34-26-21(32)7-15(28(38)39)8-23(26)37(24)11-16-4-5-40-16/h2-3,6-8,10,16H,4-5,9,11-12H2,1H3,(H,38,39). The van der Waals surface area contributed by atoms with Crippen molar-refractivity contribution in [2.75, 3.05) is 6.61 Å². The Bertz CT molecular complexity index is 1840. The molecule has 1 atom stereocenters. The Labute approximate surface area is 239 Å². The van der Waals surface area contributed by atoms with E-state index in [4.69, 9.17) is 9.47 Å². The molecule has 0 radical (unpaired) electrons. The Balaban J connectivity index is 1.32. The van der Waals surface area contributed by atoms with Gasteiger partial charge in [-0.1, -0.05) is 11.3 Å². The molecule has 4 heterocycles. The number of carboxylic acids is 1. The Morgan fingerprint density at radius 1 is 1.07 bits per heavy atom. The number of benzene rings is 2. The highest BCUT2D eigenvalue weighted by atomic mass is 32.1. The van der Waals surface area contributed by atoms with Crippen LogP contribution in [-0.2, 0) is 24.3 Å². The Morgan fingerprint density at radius 2 is 1.88 bits per heavy atom.